The summed E-state index contributed by atoms with van der Waals surface area (Å²) in [6, 6.07) is 18.6. The standard InChI is InChI=1S/C18H19NO2/c20-12-18(21)15-8-6-13(7-9-15)11-19-17-10-16(17)14-4-2-1-3-5-14/h1-9,16-17,19-20H,10-12H2. The second-order valence-corrected chi connectivity index (χ2v) is 5.52. The molecular formula is C18H19NO2. The van der Waals surface area contributed by atoms with E-state index in [0.717, 1.165) is 12.1 Å². The summed E-state index contributed by atoms with van der Waals surface area (Å²) >= 11 is 0. The van der Waals surface area contributed by atoms with E-state index in [1.54, 1.807) is 12.1 Å². The number of carbonyl (C=O) groups is 1. The normalized spacial score (nSPS) is 20.2. The highest BCUT2D eigenvalue weighted by molar-refractivity contribution is 5.96. The van der Waals surface area contributed by atoms with E-state index in [1.165, 1.54) is 12.0 Å². The van der Waals surface area contributed by atoms with Crippen molar-refractivity contribution >= 4 is 5.78 Å². The molecule has 108 valence electrons. The molecule has 3 nitrogen and oxygen atoms in total. The molecule has 21 heavy (non-hydrogen) atoms. The lowest BCUT2D eigenvalue weighted by Gasteiger charge is -2.06. The molecule has 0 heterocycles. The molecule has 1 aliphatic carbocycles. The van der Waals surface area contributed by atoms with Crippen molar-refractivity contribution < 1.29 is 9.90 Å². The lowest BCUT2D eigenvalue weighted by molar-refractivity contribution is 0.0903. The van der Waals surface area contributed by atoms with Crippen LogP contribution in [0.3, 0.4) is 0 Å². The Kier molecular flexibility index (Phi) is 4.13. The third kappa shape index (κ3) is 3.38. The molecule has 0 amide bonds. The number of hydrogen-bond donors (Lipinski definition) is 2. The quantitative estimate of drug-likeness (QED) is 0.800. The molecule has 0 aromatic heterocycles. The first-order chi connectivity index (χ1) is 10.3. The van der Waals surface area contributed by atoms with Crippen molar-refractivity contribution in [3.63, 3.8) is 0 Å². The number of aliphatic hydroxyl groups excluding tert-OH is 1. The van der Waals surface area contributed by atoms with E-state index in [4.69, 9.17) is 5.11 Å². The first kappa shape index (κ1) is 14.0. The molecule has 2 unspecified atom stereocenters. The van der Waals surface area contributed by atoms with E-state index in [-0.39, 0.29) is 5.78 Å². The first-order valence-corrected chi connectivity index (χ1v) is 7.29. The maximum absolute atomic E-state index is 11.3. The molecule has 1 aliphatic rings. The Hall–Kier alpha value is -1.97. The molecule has 2 aromatic carbocycles. The highest BCUT2D eigenvalue weighted by Gasteiger charge is 2.37. The maximum Gasteiger partial charge on any atom is 0.188 e. The van der Waals surface area contributed by atoms with Crippen molar-refractivity contribution in [2.24, 2.45) is 0 Å². The molecule has 3 rings (SSSR count). The van der Waals surface area contributed by atoms with Crippen molar-refractivity contribution in [3.05, 3.63) is 71.3 Å². The predicted molar refractivity (Wildman–Crippen MR) is 82.3 cm³/mol. The van der Waals surface area contributed by atoms with Gasteiger partial charge >= 0.3 is 0 Å². The van der Waals surface area contributed by atoms with Crippen LogP contribution in [-0.4, -0.2) is 23.5 Å². The molecule has 0 saturated heterocycles. The molecule has 0 aliphatic heterocycles. The summed E-state index contributed by atoms with van der Waals surface area (Å²) in [5.74, 6) is 0.391. The van der Waals surface area contributed by atoms with E-state index in [2.05, 4.69) is 29.6 Å². The van der Waals surface area contributed by atoms with Crippen molar-refractivity contribution in [1.82, 2.24) is 5.32 Å². The first-order valence-electron chi connectivity index (χ1n) is 7.29. The van der Waals surface area contributed by atoms with Gasteiger partial charge in [0.05, 0.1) is 0 Å². The number of rotatable bonds is 6. The summed E-state index contributed by atoms with van der Waals surface area (Å²) in [4.78, 5) is 11.3. The molecule has 2 N–H and O–H groups in total. The zero-order valence-corrected chi connectivity index (χ0v) is 11.8. The number of hydrogen-bond acceptors (Lipinski definition) is 3. The minimum Gasteiger partial charge on any atom is -0.388 e. The van der Waals surface area contributed by atoms with Crippen LogP contribution in [0.1, 0.15) is 33.8 Å². The number of carbonyl (C=O) groups excluding carboxylic acids is 1. The second-order valence-electron chi connectivity index (χ2n) is 5.52. The van der Waals surface area contributed by atoms with Gasteiger partial charge in [0.1, 0.15) is 6.61 Å². The van der Waals surface area contributed by atoms with Crippen LogP contribution in [0.25, 0.3) is 0 Å². The molecule has 2 aromatic rings. The molecule has 0 spiro atoms. The zero-order chi connectivity index (χ0) is 14.7. The van der Waals surface area contributed by atoms with Crippen LogP contribution in [0.15, 0.2) is 54.6 Å². The Morgan fingerprint density at radius 2 is 1.81 bits per heavy atom. The van der Waals surface area contributed by atoms with Gasteiger partial charge in [-0.3, -0.25) is 4.79 Å². The molecule has 2 atom stereocenters. The number of Topliss-reactive ketones (excluding diaryl/α,β-unsaturated/α-hetero) is 1. The van der Waals surface area contributed by atoms with Gasteiger partial charge in [0.2, 0.25) is 0 Å². The minimum absolute atomic E-state index is 0.235. The molecule has 3 heteroatoms. The van der Waals surface area contributed by atoms with Gasteiger partial charge in [0, 0.05) is 24.1 Å². The summed E-state index contributed by atoms with van der Waals surface area (Å²) in [7, 11) is 0. The molecule has 0 bridgehead atoms. The fourth-order valence-electron chi connectivity index (χ4n) is 2.64. The smallest absolute Gasteiger partial charge is 0.188 e. The van der Waals surface area contributed by atoms with E-state index < -0.39 is 6.61 Å². The molecule has 1 fully saturated rings. The molecular weight excluding hydrogens is 262 g/mol. The van der Waals surface area contributed by atoms with Crippen LogP contribution in [-0.2, 0) is 6.54 Å². The van der Waals surface area contributed by atoms with Gasteiger partial charge in [-0.05, 0) is 17.5 Å². The number of benzene rings is 2. The van der Waals surface area contributed by atoms with E-state index in [1.807, 2.05) is 18.2 Å². The largest absolute Gasteiger partial charge is 0.388 e. The maximum atomic E-state index is 11.3. The fraction of sp³-hybridized carbons (Fsp3) is 0.278. The van der Waals surface area contributed by atoms with E-state index in [9.17, 15) is 4.79 Å². The predicted octanol–water partition coefficient (Wildman–Crippen LogP) is 2.51. The van der Waals surface area contributed by atoms with Gasteiger partial charge < -0.3 is 10.4 Å². The number of aliphatic hydroxyl groups is 1. The average Bonchev–Trinajstić information content (AvgIpc) is 3.33. The highest BCUT2D eigenvalue weighted by Crippen LogP contribution is 2.40. The van der Waals surface area contributed by atoms with Gasteiger partial charge in [0.25, 0.3) is 0 Å². The molecule has 0 radical (unpaired) electrons. The zero-order valence-electron chi connectivity index (χ0n) is 11.8. The van der Waals surface area contributed by atoms with E-state index in [0.29, 0.717) is 17.5 Å². The lowest BCUT2D eigenvalue weighted by Crippen LogP contribution is -2.17. The Balaban J connectivity index is 1.52. The van der Waals surface area contributed by atoms with Crippen molar-refractivity contribution in [2.75, 3.05) is 6.61 Å². The van der Waals surface area contributed by atoms with Gasteiger partial charge in [-0.2, -0.15) is 0 Å². The van der Waals surface area contributed by atoms with E-state index >= 15 is 0 Å². The number of nitrogens with one attached hydrogen (secondary N) is 1. The van der Waals surface area contributed by atoms with Gasteiger partial charge in [-0.25, -0.2) is 0 Å². The summed E-state index contributed by atoms with van der Waals surface area (Å²) in [5.41, 5.74) is 3.12. The third-order valence-electron chi connectivity index (χ3n) is 4.01. The summed E-state index contributed by atoms with van der Waals surface area (Å²) in [5, 5.41) is 12.4. The van der Waals surface area contributed by atoms with Crippen molar-refractivity contribution in [2.45, 2.75) is 24.9 Å². The van der Waals surface area contributed by atoms with Gasteiger partial charge in [0.15, 0.2) is 5.78 Å². The summed E-state index contributed by atoms with van der Waals surface area (Å²) in [6.07, 6.45) is 1.19. The fourth-order valence-corrected chi connectivity index (χ4v) is 2.64. The Morgan fingerprint density at radius 1 is 1.10 bits per heavy atom. The van der Waals surface area contributed by atoms with Gasteiger partial charge in [-0.1, -0.05) is 54.6 Å². The van der Waals surface area contributed by atoms with Crippen LogP contribution in [0.5, 0.6) is 0 Å². The Bertz CT molecular complexity index is 607. The second kappa shape index (κ2) is 6.20. The van der Waals surface area contributed by atoms with Crippen molar-refractivity contribution in [1.29, 1.82) is 0 Å². The van der Waals surface area contributed by atoms with Crippen molar-refractivity contribution in [3.8, 4) is 0 Å². The van der Waals surface area contributed by atoms with Crippen LogP contribution >= 0.6 is 0 Å². The Morgan fingerprint density at radius 3 is 2.48 bits per heavy atom. The van der Waals surface area contributed by atoms with Crippen LogP contribution in [0.4, 0.5) is 0 Å². The van der Waals surface area contributed by atoms with Crippen LogP contribution in [0, 0.1) is 0 Å². The summed E-state index contributed by atoms with van der Waals surface area (Å²) in [6.45, 7) is 0.375. The van der Waals surface area contributed by atoms with Gasteiger partial charge in [-0.15, -0.1) is 0 Å². The summed E-state index contributed by atoms with van der Waals surface area (Å²) < 4.78 is 0. The molecule has 1 saturated carbocycles. The average molecular weight is 281 g/mol. The van der Waals surface area contributed by atoms with Crippen LogP contribution in [0.2, 0.25) is 0 Å². The lowest BCUT2D eigenvalue weighted by atomic mass is 10.1. The Labute approximate surface area is 124 Å². The number of ketones is 1. The minimum atomic E-state index is -0.432. The SMILES string of the molecule is O=C(CO)c1ccc(CNC2CC2c2ccccc2)cc1. The van der Waals surface area contributed by atoms with Crippen LogP contribution < -0.4 is 5.32 Å². The third-order valence-corrected chi connectivity index (χ3v) is 4.01. The topological polar surface area (TPSA) is 49.3 Å². The highest BCUT2D eigenvalue weighted by atomic mass is 16.3. The monoisotopic (exact) mass is 281 g/mol.